The van der Waals surface area contributed by atoms with Gasteiger partial charge >= 0.3 is 0 Å². The molecule has 2 heterocycles. The van der Waals surface area contributed by atoms with Crippen LogP contribution in [-0.2, 0) is 14.2 Å². The van der Waals surface area contributed by atoms with Crippen molar-refractivity contribution in [1.82, 2.24) is 9.80 Å². The molecule has 0 saturated carbocycles. The Morgan fingerprint density at radius 1 is 0.423 bits per heavy atom. The number of hydrogen-bond acceptors (Lipinski definition) is 5. The van der Waals surface area contributed by atoms with Gasteiger partial charge in [0.2, 0.25) is 0 Å². The van der Waals surface area contributed by atoms with Crippen LogP contribution in [0.25, 0.3) is 0 Å². The number of rotatable bonds is 34. The predicted molar refractivity (Wildman–Crippen MR) is 226 cm³/mol. The molecule has 0 N–H and O–H groups in total. The number of hydrogen-bond donors (Lipinski definition) is 0. The molecule has 0 aliphatic carbocycles. The summed E-state index contributed by atoms with van der Waals surface area (Å²) < 4.78 is 20.6. The van der Waals surface area contributed by atoms with E-state index < -0.39 is 5.79 Å². The quantitative estimate of drug-likeness (QED) is 0.0487. The minimum atomic E-state index is -0.446. The van der Waals surface area contributed by atoms with E-state index in [0.29, 0.717) is 0 Å². The van der Waals surface area contributed by atoms with Crippen LogP contribution in [-0.4, -0.2) is 81.3 Å². The third-order valence-electron chi connectivity index (χ3n) is 10.7. The first-order valence-electron chi connectivity index (χ1n) is 22.3. The minimum absolute atomic E-state index is 0.0292. The van der Waals surface area contributed by atoms with E-state index in [-0.39, 0.29) is 24.4 Å². The Labute approximate surface area is 324 Å². The maximum Gasteiger partial charge on any atom is 0.169 e. The average molecular weight is 727 g/mol. The van der Waals surface area contributed by atoms with Gasteiger partial charge < -0.3 is 24.0 Å². The second-order valence-corrected chi connectivity index (χ2v) is 16.5. The molecular formula is C47H86N2O3. The summed E-state index contributed by atoms with van der Waals surface area (Å²) in [6.45, 7) is 6.29. The average Bonchev–Trinajstić information content (AvgIpc) is 3.63. The molecule has 0 amide bonds. The van der Waals surface area contributed by atoms with Gasteiger partial charge in [-0.05, 0) is 105 Å². The van der Waals surface area contributed by atoms with Gasteiger partial charge in [-0.15, -0.1) is 0 Å². The second-order valence-electron chi connectivity index (χ2n) is 16.5. The first-order chi connectivity index (χ1) is 25.4. The lowest BCUT2D eigenvalue weighted by Crippen LogP contribution is -2.39. The van der Waals surface area contributed by atoms with Crippen LogP contribution in [0.3, 0.4) is 0 Å². The highest BCUT2D eigenvalue weighted by Gasteiger charge is 2.57. The van der Waals surface area contributed by atoms with Crippen molar-refractivity contribution in [1.29, 1.82) is 0 Å². The highest BCUT2D eigenvalue weighted by atomic mass is 16.8. The molecule has 2 aliphatic rings. The molecule has 4 atom stereocenters. The molecule has 0 bridgehead atoms. The van der Waals surface area contributed by atoms with Gasteiger partial charge in [-0.1, -0.05) is 140 Å². The molecule has 2 rings (SSSR count). The van der Waals surface area contributed by atoms with Crippen molar-refractivity contribution < 1.29 is 14.2 Å². The highest BCUT2D eigenvalue weighted by molar-refractivity contribution is 5.01. The van der Waals surface area contributed by atoms with Gasteiger partial charge in [-0.3, -0.25) is 0 Å². The number of nitrogens with zero attached hydrogens (tertiary/aromatic N) is 2. The van der Waals surface area contributed by atoms with Gasteiger partial charge in [-0.25, -0.2) is 0 Å². The summed E-state index contributed by atoms with van der Waals surface area (Å²) in [7, 11) is 8.54. The molecule has 2 fully saturated rings. The lowest BCUT2D eigenvalue weighted by molar-refractivity contribution is -0.219. The molecule has 0 aromatic carbocycles. The fraction of sp³-hybridized carbons (Fsp3) is 0.830. The van der Waals surface area contributed by atoms with Crippen LogP contribution in [0.5, 0.6) is 0 Å². The van der Waals surface area contributed by atoms with Crippen molar-refractivity contribution in [3.8, 4) is 0 Å². The highest BCUT2D eigenvalue weighted by Crippen LogP contribution is 2.44. The first kappa shape index (κ1) is 46.9. The minimum Gasteiger partial charge on any atom is -0.367 e. The molecule has 52 heavy (non-hydrogen) atoms. The molecule has 1 unspecified atom stereocenters. The zero-order valence-corrected chi connectivity index (χ0v) is 35.3. The number of unbranched alkanes of at least 4 members (excludes halogenated alkanes) is 18. The maximum absolute atomic E-state index is 7.03. The van der Waals surface area contributed by atoms with Crippen molar-refractivity contribution in [3.63, 3.8) is 0 Å². The normalized spacial score (nSPS) is 21.8. The Hall–Kier alpha value is -1.24. The Bertz CT molecular complexity index is 867. The third-order valence-corrected chi connectivity index (χ3v) is 10.7. The van der Waals surface area contributed by atoms with Gasteiger partial charge in [0.15, 0.2) is 5.79 Å². The summed E-state index contributed by atoms with van der Waals surface area (Å²) in [5.41, 5.74) is 0. The Morgan fingerprint density at radius 2 is 0.750 bits per heavy atom. The zero-order chi connectivity index (χ0) is 37.5. The number of likely N-dealkylation sites (N-methyl/N-ethyl adjacent to an activating group) is 2. The van der Waals surface area contributed by atoms with Crippen LogP contribution < -0.4 is 0 Å². The summed E-state index contributed by atoms with van der Waals surface area (Å²) in [5, 5.41) is 0. The first-order valence-corrected chi connectivity index (χ1v) is 22.3. The smallest absolute Gasteiger partial charge is 0.169 e. The Kier molecular flexibility index (Phi) is 28.0. The van der Waals surface area contributed by atoms with E-state index in [2.05, 4.69) is 100 Å². The van der Waals surface area contributed by atoms with Crippen LogP contribution in [0.1, 0.15) is 181 Å². The van der Waals surface area contributed by atoms with Gasteiger partial charge in [0.05, 0.1) is 12.2 Å². The van der Waals surface area contributed by atoms with Crippen LogP contribution in [0.4, 0.5) is 0 Å². The number of ether oxygens (including phenoxy) is 3. The van der Waals surface area contributed by atoms with E-state index in [1.54, 1.807) is 0 Å². The lowest BCUT2D eigenvalue weighted by Gasteiger charge is -2.32. The lowest BCUT2D eigenvalue weighted by atomic mass is 9.98. The van der Waals surface area contributed by atoms with E-state index in [4.69, 9.17) is 14.2 Å². The van der Waals surface area contributed by atoms with Crippen molar-refractivity contribution in [2.45, 2.75) is 211 Å². The van der Waals surface area contributed by atoms with E-state index in [9.17, 15) is 0 Å². The van der Waals surface area contributed by atoms with Crippen LogP contribution in [0.2, 0.25) is 0 Å². The van der Waals surface area contributed by atoms with E-state index in [1.807, 2.05) is 0 Å². The summed E-state index contributed by atoms with van der Waals surface area (Å²) in [6, 6.07) is 0. The summed E-state index contributed by atoms with van der Waals surface area (Å²) in [5.74, 6) is -0.446. The van der Waals surface area contributed by atoms with Gasteiger partial charge in [0.25, 0.3) is 0 Å². The van der Waals surface area contributed by atoms with Gasteiger partial charge in [0, 0.05) is 25.9 Å². The van der Waals surface area contributed by atoms with Crippen molar-refractivity contribution in [2.75, 3.05) is 41.3 Å². The van der Waals surface area contributed by atoms with Crippen molar-refractivity contribution in [2.24, 2.45) is 0 Å². The fourth-order valence-electron chi connectivity index (χ4n) is 7.75. The molecule has 2 aliphatic heterocycles. The molecule has 302 valence electrons. The standard InChI is InChI=1S/C47H86N2O3/c1-7-9-11-13-15-17-19-21-23-25-27-29-31-33-35-37-39-47(51-45-43(41-48(3)4)50-44(42-49(5)6)46(45)52-47)40-38-36-34-32-30-28-26-24-22-20-18-16-14-12-10-8-2/h15-18,21-24,43-46H,7-14,19-20,25-42H2,1-6H3/b17-15-,18-16-,23-21-,24-22-/t43-,44+,45-,46?/m1/s1. The van der Waals surface area contributed by atoms with Crippen molar-refractivity contribution >= 4 is 0 Å². The van der Waals surface area contributed by atoms with E-state index in [0.717, 1.165) is 38.8 Å². The van der Waals surface area contributed by atoms with Gasteiger partial charge in [0.1, 0.15) is 12.2 Å². The molecule has 5 nitrogen and oxygen atoms in total. The second kappa shape index (κ2) is 31.0. The van der Waals surface area contributed by atoms with E-state index in [1.165, 1.54) is 141 Å². The molecule has 2 saturated heterocycles. The van der Waals surface area contributed by atoms with Crippen LogP contribution in [0, 0.1) is 0 Å². The predicted octanol–water partition coefficient (Wildman–Crippen LogP) is 12.8. The molecule has 0 aromatic heterocycles. The topological polar surface area (TPSA) is 34.2 Å². The monoisotopic (exact) mass is 727 g/mol. The summed E-state index contributed by atoms with van der Waals surface area (Å²) in [4.78, 5) is 4.46. The number of fused-ring (bicyclic) bond motifs is 1. The van der Waals surface area contributed by atoms with Crippen molar-refractivity contribution in [3.05, 3.63) is 48.6 Å². The SMILES string of the molecule is CCCCC/C=C\C/C=C\CCCCCCCCC1(CCCCCCCC/C=C\C/C=C\CCCCC)OC2[C@H](CN(C)C)O[C@H](CN(C)C)[C@H]2O1. The maximum atomic E-state index is 7.03. The Balaban J connectivity index is 1.72. The fourth-order valence-corrected chi connectivity index (χ4v) is 7.75. The Morgan fingerprint density at radius 3 is 1.10 bits per heavy atom. The zero-order valence-electron chi connectivity index (χ0n) is 35.3. The molecule has 5 heteroatoms. The van der Waals surface area contributed by atoms with E-state index >= 15 is 0 Å². The third kappa shape index (κ3) is 22.2. The van der Waals surface area contributed by atoms with Crippen LogP contribution >= 0.6 is 0 Å². The number of allylic oxidation sites excluding steroid dienone is 8. The van der Waals surface area contributed by atoms with Crippen LogP contribution in [0.15, 0.2) is 48.6 Å². The largest absolute Gasteiger partial charge is 0.367 e. The molecule has 0 aromatic rings. The summed E-state index contributed by atoms with van der Waals surface area (Å²) >= 11 is 0. The summed E-state index contributed by atoms with van der Waals surface area (Å²) in [6.07, 6.45) is 51.6. The molecule has 0 spiro atoms. The van der Waals surface area contributed by atoms with Gasteiger partial charge in [-0.2, -0.15) is 0 Å². The molecule has 0 radical (unpaired) electrons. The molecular weight excluding hydrogens is 641 g/mol.